The Morgan fingerprint density at radius 1 is 1.07 bits per heavy atom. The summed E-state index contributed by atoms with van der Waals surface area (Å²) < 4.78 is 74.5. The topological polar surface area (TPSA) is 139 Å². The molecule has 4 heterocycles. The fraction of sp³-hybridized carbons (Fsp3) is 0.630. The molecular formula is C27H31F5N8O3. The molecule has 0 aromatic carbocycles. The number of carbonyl (C=O) groups is 2. The second-order valence-corrected chi connectivity index (χ2v) is 11.8. The van der Waals surface area contributed by atoms with E-state index in [0.29, 0.717) is 16.9 Å². The van der Waals surface area contributed by atoms with Crippen molar-refractivity contribution in [3.63, 3.8) is 0 Å². The zero-order valence-corrected chi connectivity index (χ0v) is 23.2. The van der Waals surface area contributed by atoms with Crippen molar-refractivity contribution in [2.24, 2.45) is 23.7 Å². The molecule has 0 spiro atoms. The van der Waals surface area contributed by atoms with E-state index >= 15 is 0 Å². The Morgan fingerprint density at radius 2 is 1.79 bits per heavy atom. The van der Waals surface area contributed by atoms with Gasteiger partial charge in [0, 0.05) is 25.9 Å². The number of carbonyl (C=O) groups excluding carboxylic acids is 2. The lowest BCUT2D eigenvalue weighted by atomic mass is 9.81. The van der Waals surface area contributed by atoms with Crippen LogP contribution in [0.2, 0.25) is 0 Å². The van der Waals surface area contributed by atoms with Gasteiger partial charge in [-0.1, -0.05) is 5.16 Å². The number of amides is 2. The molecule has 0 bridgehead atoms. The summed E-state index contributed by atoms with van der Waals surface area (Å²) in [4.78, 5) is 30.7. The minimum absolute atomic E-state index is 0.0245. The van der Waals surface area contributed by atoms with E-state index < -0.39 is 47.8 Å². The van der Waals surface area contributed by atoms with Crippen molar-refractivity contribution in [3.8, 4) is 0 Å². The number of hydrogen-bond acceptors (Lipinski definition) is 8. The Kier molecular flexibility index (Phi) is 7.59. The van der Waals surface area contributed by atoms with Crippen LogP contribution in [0.3, 0.4) is 0 Å². The van der Waals surface area contributed by atoms with Crippen LogP contribution in [0.25, 0.3) is 5.65 Å². The van der Waals surface area contributed by atoms with Crippen molar-refractivity contribution < 1.29 is 36.2 Å². The molecule has 3 aromatic rings. The molecule has 6 rings (SSSR count). The first-order valence-electron chi connectivity index (χ1n) is 14.3. The summed E-state index contributed by atoms with van der Waals surface area (Å²) in [6.45, 7) is 1.20. The molecule has 4 atom stereocenters. The molecule has 2 saturated carbocycles. The number of alkyl halides is 5. The van der Waals surface area contributed by atoms with Gasteiger partial charge < -0.3 is 16.0 Å². The third-order valence-electron chi connectivity index (χ3n) is 8.79. The van der Waals surface area contributed by atoms with Crippen molar-refractivity contribution in [1.82, 2.24) is 40.9 Å². The van der Waals surface area contributed by atoms with Gasteiger partial charge in [-0.25, -0.2) is 22.9 Å². The number of aryl methyl sites for hydroxylation is 1. The molecule has 3 aliphatic rings. The Balaban J connectivity index is 1.26. The summed E-state index contributed by atoms with van der Waals surface area (Å²) in [6, 6.07) is 0.421. The number of halogens is 5. The van der Waals surface area contributed by atoms with Gasteiger partial charge in [0.15, 0.2) is 11.3 Å². The normalized spacial score (nSPS) is 24.1. The van der Waals surface area contributed by atoms with Crippen LogP contribution in [0.1, 0.15) is 78.0 Å². The number of aromatic nitrogens is 5. The van der Waals surface area contributed by atoms with Gasteiger partial charge in [-0.2, -0.15) is 18.3 Å². The van der Waals surface area contributed by atoms with Crippen LogP contribution >= 0.6 is 0 Å². The summed E-state index contributed by atoms with van der Waals surface area (Å²) in [5.41, 5.74) is 1.62. The van der Waals surface area contributed by atoms with Gasteiger partial charge in [-0.05, 0) is 61.2 Å². The molecule has 3 aromatic heterocycles. The highest BCUT2D eigenvalue weighted by molar-refractivity contribution is 5.93. The second-order valence-electron chi connectivity index (χ2n) is 11.8. The van der Waals surface area contributed by atoms with Gasteiger partial charge in [-0.3, -0.25) is 9.59 Å². The van der Waals surface area contributed by atoms with Gasteiger partial charge in [0.2, 0.25) is 11.8 Å². The van der Waals surface area contributed by atoms with Gasteiger partial charge in [-0.15, -0.1) is 0 Å². The molecule has 232 valence electrons. The predicted octanol–water partition coefficient (Wildman–Crippen LogP) is 3.68. The van der Waals surface area contributed by atoms with E-state index in [1.807, 2.05) is 0 Å². The first-order valence-corrected chi connectivity index (χ1v) is 14.3. The molecule has 3 N–H and O–H groups in total. The predicted molar refractivity (Wildman–Crippen MR) is 139 cm³/mol. The fourth-order valence-electron chi connectivity index (χ4n) is 6.17. The number of nitrogens with one attached hydrogen (secondary N) is 3. The molecule has 0 radical (unpaired) electrons. The number of fused-ring (bicyclic) bond motifs is 1. The maximum Gasteiger partial charge on any atom is 0.393 e. The summed E-state index contributed by atoms with van der Waals surface area (Å²) in [6.07, 6.45) is -0.0660. The smallest absolute Gasteiger partial charge is 0.349 e. The highest BCUT2D eigenvalue weighted by Gasteiger charge is 2.50. The maximum atomic E-state index is 14.0. The largest absolute Gasteiger partial charge is 0.393 e. The lowest BCUT2D eigenvalue weighted by Gasteiger charge is -2.33. The van der Waals surface area contributed by atoms with E-state index in [9.17, 15) is 31.5 Å². The zero-order chi connectivity index (χ0) is 30.5. The van der Waals surface area contributed by atoms with Gasteiger partial charge in [0.25, 0.3) is 5.91 Å². The van der Waals surface area contributed by atoms with E-state index in [4.69, 9.17) is 0 Å². The van der Waals surface area contributed by atoms with Gasteiger partial charge in [0.1, 0.15) is 5.69 Å². The van der Waals surface area contributed by atoms with E-state index in [1.165, 1.54) is 10.7 Å². The number of rotatable bonds is 8. The number of hydrogen-bond donors (Lipinski definition) is 3. The van der Waals surface area contributed by atoms with Crippen LogP contribution in [0.4, 0.5) is 22.0 Å². The van der Waals surface area contributed by atoms with Crippen LogP contribution in [0, 0.1) is 30.6 Å². The Hall–Kier alpha value is -3.69. The van der Waals surface area contributed by atoms with Crippen molar-refractivity contribution in [3.05, 3.63) is 41.1 Å². The summed E-state index contributed by atoms with van der Waals surface area (Å²) in [5, 5.41) is 20.1. The van der Waals surface area contributed by atoms with Crippen molar-refractivity contribution in [2.45, 2.75) is 69.6 Å². The zero-order valence-electron chi connectivity index (χ0n) is 23.2. The monoisotopic (exact) mass is 610 g/mol. The number of imidazole rings is 1. The molecule has 3 fully saturated rings. The average molecular weight is 611 g/mol. The highest BCUT2D eigenvalue weighted by Crippen LogP contribution is 2.43. The molecule has 1 saturated heterocycles. The molecule has 0 unspecified atom stereocenters. The van der Waals surface area contributed by atoms with Crippen LogP contribution in [-0.2, 0) is 4.79 Å². The quantitative estimate of drug-likeness (QED) is 0.329. The SMILES string of the molecule is Cc1nonc1C(=O)N[C@H](c1cn2ncc([C@H](NC(=O)[C@H]3CNC[C@@H]3C(F)(F)F)C3CC3)cc2n1)C1CCC(F)(F)CC1. The second kappa shape index (κ2) is 11.1. The van der Waals surface area contributed by atoms with Crippen molar-refractivity contribution in [2.75, 3.05) is 13.1 Å². The molecule has 43 heavy (non-hydrogen) atoms. The third kappa shape index (κ3) is 6.19. The Morgan fingerprint density at radius 3 is 2.44 bits per heavy atom. The lowest BCUT2D eigenvalue weighted by Crippen LogP contribution is -2.42. The minimum Gasteiger partial charge on any atom is -0.349 e. The van der Waals surface area contributed by atoms with Crippen molar-refractivity contribution in [1.29, 1.82) is 0 Å². The van der Waals surface area contributed by atoms with E-state index in [2.05, 4.69) is 41.0 Å². The molecule has 16 heteroatoms. The Labute approximate surface area is 242 Å². The number of nitrogens with zero attached hydrogens (tertiary/aromatic N) is 5. The van der Waals surface area contributed by atoms with Gasteiger partial charge >= 0.3 is 6.18 Å². The van der Waals surface area contributed by atoms with Crippen LogP contribution in [-0.4, -0.2) is 61.9 Å². The first kappa shape index (κ1) is 29.4. The van der Waals surface area contributed by atoms with E-state index in [-0.39, 0.29) is 62.0 Å². The van der Waals surface area contributed by atoms with Crippen LogP contribution < -0.4 is 16.0 Å². The lowest BCUT2D eigenvalue weighted by molar-refractivity contribution is -0.182. The fourth-order valence-corrected chi connectivity index (χ4v) is 6.17. The summed E-state index contributed by atoms with van der Waals surface area (Å²) in [5.74, 6) is -7.29. The highest BCUT2D eigenvalue weighted by atomic mass is 19.4. The van der Waals surface area contributed by atoms with Crippen LogP contribution in [0.5, 0.6) is 0 Å². The minimum atomic E-state index is -4.49. The Bertz CT molecular complexity index is 1490. The standard InChI is InChI=1S/C27H31F5N8O3/c1-13-21(39-43-38-13)25(42)37-23(15-4-6-26(28,29)7-5-15)19-12-40-20(35-19)8-16(9-34-40)22(14-2-3-14)36-24(41)17-10-33-11-18(17)27(30,31)32/h8-9,12,14-15,17-18,22-23,33H,2-7,10-11H2,1H3,(H,36,41)(H,37,42)/t17-,18-,22+,23-/m0/s1. The van der Waals surface area contributed by atoms with Crippen molar-refractivity contribution >= 4 is 17.5 Å². The molecule has 11 nitrogen and oxygen atoms in total. The third-order valence-corrected chi connectivity index (χ3v) is 8.79. The first-order chi connectivity index (χ1) is 20.4. The van der Waals surface area contributed by atoms with E-state index in [0.717, 1.165) is 12.8 Å². The molecule has 1 aliphatic heterocycles. The maximum absolute atomic E-state index is 14.0. The molecule has 2 aliphatic carbocycles. The van der Waals surface area contributed by atoms with E-state index in [1.54, 1.807) is 19.2 Å². The summed E-state index contributed by atoms with van der Waals surface area (Å²) >= 11 is 0. The molecule has 2 amide bonds. The average Bonchev–Trinajstić information content (AvgIpc) is 3.32. The van der Waals surface area contributed by atoms with Gasteiger partial charge in [0.05, 0.1) is 42.0 Å². The van der Waals surface area contributed by atoms with Crippen LogP contribution in [0.15, 0.2) is 23.1 Å². The summed E-state index contributed by atoms with van der Waals surface area (Å²) in [7, 11) is 0. The molecular weight excluding hydrogens is 579 g/mol.